The fourth-order valence-corrected chi connectivity index (χ4v) is 5.34. The Bertz CT molecular complexity index is 1730. The molecule has 3 aromatic rings. The van der Waals surface area contributed by atoms with E-state index in [4.69, 9.17) is 37.8 Å². The summed E-state index contributed by atoms with van der Waals surface area (Å²) in [5, 5.41) is 0.179. The van der Waals surface area contributed by atoms with Crippen molar-refractivity contribution in [2.45, 2.75) is 61.6 Å². The van der Waals surface area contributed by atoms with Gasteiger partial charge >= 0.3 is 0 Å². The van der Waals surface area contributed by atoms with E-state index in [1.165, 1.54) is 12.1 Å². The number of pyridine rings is 1. The van der Waals surface area contributed by atoms with Crippen LogP contribution in [0.2, 0.25) is 5.02 Å². The second-order valence-corrected chi connectivity index (χ2v) is 11.6. The zero-order chi connectivity index (χ0) is 33.9. The summed E-state index contributed by atoms with van der Waals surface area (Å²) in [5.41, 5.74) is 7.35. The molecule has 202 valence electrons. The molecule has 2 aromatic carbocycles. The number of hydrogen-bond acceptors (Lipinski definition) is 6. The number of halogens is 1. The molecule has 1 aromatic heterocycles. The molecule has 9 heteroatoms. The Balaban J connectivity index is 1.41. The first-order valence-corrected chi connectivity index (χ1v) is 14.0. The van der Waals surface area contributed by atoms with Crippen LogP contribution in [-0.2, 0) is 27.0 Å². The van der Waals surface area contributed by atoms with Gasteiger partial charge in [-0.3, -0.25) is 4.98 Å². The zero-order valence-electron chi connectivity index (χ0n) is 28.8. The Kier molecular flexibility index (Phi) is 5.58. The maximum absolute atomic E-state index is 13.6. The van der Waals surface area contributed by atoms with E-state index in [0.717, 1.165) is 48.4 Å². The molecule has 2 fully saturated rings. The largest absolute Gasteiger partial charge is 0.490 e. The monoisotopic (exact) mass is 563 g/mol. The van der Waals surface area contributed by atoms with Crippen LogP contribution in [0.15, 0.2) is 65.8 Å². The highest BCUT2D eigenvalue weighted by Crippen LogP contribution is 2.53. The molecule has 1 heterocycles. The number of nitrogens with two attached hydrogens (primary N) is 1. The predicted octanol–water partition coefficient (Wildman–Crippen LogP) is 5.51. The van der Waals surface area contributed by atoms with Gasteiger partial charge in [-0.2, -0.15) is 0 Å². The number of aromatic nitrogens is 1. The topological polar surface area (TPSA) is 94.8 Å². The first-order chi connectivity index (χ1) is 21.3. The third kappa shape index (κ3) is 5.90. The summed E-state index contributed by atoms with van der Waals surface area (Å²) in [7, 11) is -4.07. The van der Waals surface area contributed by atoms with Gasteiger partial charge in [0.1, 0.15) is 5.75 Å². The first-order valence-electron chi connectivity index (χ1n) is 16.2. The summed E-state index contributed by atoms with van der Waals surface area (Å²) < 4.78 is 103. The summed E-state index contributed by atoms with van der Waals surface area (Å²) in [6.07, 6.45) is -0.363. The molecule has 0 aliphatic heterocycles. The minimum absolute atomic E-state index is 0.0307. The Morgan fingerprint density at radius 2 is 1.95 bits per heavy atom. The fraction of sp³-hybridized carbons (Fsp3) is 0.414. The van der Waals surface area contributed by atoms with Crippen LogP contribution in [0.5, 0.6) is 5.75 Å². The minimum atomic E-state index is -4.82. The lowest BCUT2D eigenvalue weighted by Gasteiger charge is -2.22. The number of sulfonamides is 1. The molecule has 2 aliphatic rings. The van der Waals surface area contributed by atoms with E-state index >= 15 is 0 Å². The minimum Gasteiger partial charge on any atom is -0.490 e. The summed E-state index contributed by atoms with van der Waals surface area (Å²) in [6, 6.07) is 13.2. The molecule has 5 rings (SSSR count). The molecule has 0 unspecified atom stereocenters. The van der Waals surface area contributed by atoms with E-state index in [1.54, 1.807) is 12.4 Å². The highest BCUT2D eigenvalue weighted by molar-refractivity contribution is 7.89. The number of nitrogens with zero attached hydrogens (tertiary/aromatic N) is 2. The normalized spacial score (nSPS) is 21.2. The van der Waals surface area contributed by atoms with Gasteiger partial charge in [0.15, 0.2) is 0 Å². The van der Waals surface area contributed by atoms with Crippen molar-refractivity contribution in [3.63, 3.8) is 0 Å². The molecule has 2 saturated carbocycles. The fourth-order valence-electron chi connectivity index (χ4n) is 4.15. The number of benzene rings is 2. The maximum Gasteiger partial charge on any atom is 0.242 e. The lowest BCUT2D eigenvalue weighted by Crippen LogP contribution is -2.28. The molecule has 38 heavy (non-hydrogen) atoms. The number of hydrogen-bond donors (Lipinski definition) is 1. The van der Waals surface area contributed by atoms with Crippen molar-refractivity contribution in [3.8, 4) is 16.9 Å². The average molecular weight is 564 g/mol. The zero-order valence-corrected chi connectivity index (χ0v) is 22.3. The quantitative estimate of drug-likeness (QED) is 0.295. The highest BCUT2D eigenvalue weighted by Gasteiger charge is 2.48. The van der Waals surface area contributed by atoms with Crippen LogP contribution >= 0.6 is 11.6 Å². The molecule has 0 atom stereocenters. The van der Waals surface area contributed by atoms with E-state index in [9.17, 15) is 8.42 Å². The Morgan fingerprint density at radius 3 is 2.68 bits per heavy atom. The molecular formula is C29H34ClN3O4S. The van der Waals surface area contributed by atoms with Crippen LogP contribution in [0.1, 0.15) is 60.5 Å². The van der Waals surface area contributed by atoms with Gasteiger partial charge in [0, 0.05) is 53.1 Å². The summed E-state index contributed by atoms with van der Waals surface area (Å²) in [5.74, 6) is 0.762. The van der Waals surface area contributed by atoms with Crippen molar-refractivity contribution < 1.29 is 28.9 Å². The molecule has 2 N–H and O–H groups in total. The number of rotatable bonds is 13. The Labute approximate surface area is 241 Å². The first kappa shape index (κ1) is 18.7. The van der Waals surface area contributed by atoms with E-state index in [0.29, 0.717) is 12.8 Å². The van der Waals surface area contributed by atoms with Crippen molar-refractivity contribution in [1.29, 1.82) is 0 Å². The van der Waals surface area contributed by atoms with Gasteiger partial charge in [-0.05, 0) is 86.4 Å². The third-order valence-corrected chi connectivity index (χ3v) is 8.57. The molecular weight excluding hydrogens is 522 g/mol. The second-order valence-electron chi connectivity index (χ2n) is 9.25. The summed E-state index contributed by atoms with van der Waals surface area (Å²) in [4.78, 5) is 3.89. The second kappa shape index (κ2) is 11.3. The van der Waals surface area contributed by atoms with Gasteiger partial charge in [-0.25, -0.2) is 12.7 Å². The van der Waals surface area contributed by atoms with Gasteiger partial charge in [-0.1, -0.05) is 29.8 Å². The van der Waals surface area contributed by atoms with Crippen LogP contribution < -0.4 is 10.5 Å². The van der Waals surface area contributed by atoms with Gasteiger partial charge in [0.25, 0.3) is 0 Å². The van der Waals surface area contributed by atoms with Crippen molar-refractivity contribution in [2.75, 3.05) is 20.0 Å². The van der Waals surface area contributed by atoms with Gasteiger partial charge in [0.05, 0.1) is 23.2 Å². The van der Waals surface area contributed by atoms with Gasteiger partial charge < -0.3 is 15.2 Å². The third-order valence-electron chi connectivity index (χ3n) is 6.54. The lowest BCUT2D eigenvalue weighted by atomic mass is 9.96. The highest BCUT2D eigenvalue weighted by atomic mass is 35.5. The van der Waals surface area contributed by atoms with Crippen LogP contribution in [0.25, 0.3) is 11.1 Å². The SMILES string of the molecule is [2H]C([2H])(N)C([2H])([2H])C([2H])([2H])C([2H])([2H])N(C)S(=O)(=O)c1ccc(Cl)c(COC2(c3cnccc3-c3ccccc3OC3CC3)CC2)c1. The van der Waals surface area contributed by atoms with Crippen LogP contribution in [0.3, 0.4) is 0 Å². The van der Waals surface area contributed by atoms with E-state index in [-0.39, 0.29) is 27.6 Å². The van der Waals surface area contributed by atoms with Crippen molar-refractivity contribution in [3.05, 3.63) is 77.1 Å². The van der Waals surface area contributed by atoms with Crippen LogP contribution in [0, 0.1) is 0 Å². The number of ether oxygens (including phenoxy) is 2. The van der Waals surface area contributed by atoms with Gasteiger partial charge in [0.2, 0.25) is 10.0 Å². The Morgan fingerprint density at radius 1 is 1.16 bits per heavy atom. The maximum atomic E-state index is 13.6. The van der Waals surface area contributed by atoms with Crippen LogP contribution in [0.4, 0.5) is 0 Å². The Hall–Kier alpha value is -2.49. The van der Waals surface area contributed by atoms with Crippen molar-refractivity contribution >= 4 is 21.6 Å². The van der Waals surface area contributed by atoms with E-state index in [1.807, 2.05) is 30.3 Å². The summed E-state index contributed by atoms with van der Waals surface area (Å²) >= 11 is 6.44. The summed E-state index contributed by atoms with van der Waals surface area (Å²) in [6.45, 7) is -7.03. The lowest BCUT2D eigenvalue weighted by molar-refractivity contribution is 0.0173. The molecule has 7 nitrogen and oxygen atoms in total. The standard InChI is InChI=1S/C29H34ClN3O4S/c1-33(17-5-4-15-31)38(34,35)23-10-11-27(30)21(18-23)20-36-29(13-14-29)26-19-32-16-12-24(26)25-6-2-3-7-28(25)37-22-8-9-22/h2-3,6-7,10-12,16,18-19,22H,4-5,8-9,13-15,17,20,31H2,1H3/i4D2,5D2,15D2,17D2. The molecule has 0 saturated heterocycles. The predicted molar refractivity (Wildman–Crippen MR) is 149 cm³/mol. The smallest absolute Gasteiger partial charge is 0.242 e. The van der Waals surface area contributed by atoms with Crippen LogP contribution in [-0.4, -0.2) is 43.9 Å². The molecule has 0 bridgehead atoms. The van der Waals surface area contributed by atoms with Gasteiger partial charge in [-0.15, -0.1) is 0 Å². The molecule has 0 spiro atoms. The van der Waals surface area contributed by atoms with E-state index < -0.39 is 46.3 Å². The van der Waals surface area contributed by atoms with Crippen molar-refractivity contribution in [1.82, 2.24) is 9.29 Å². The average Bonchev–Trinajstić information content (AvgIpc) is 3.93. The molecule has 0 amide bonds. The molecule has 2 aliphatic carbocycles. The molecule has 0 radical (unpaired) electrons. The van der Waals surface area contributed by atoms with Crippen molar-refractivity contribution in [2.24, 2.45) is 5.73 Å². The van der Waals surface area contributed by atoms with E-state index in [2.05, 4.69) is 4.98 Å². The number of para-hydroxylation sites is 1.